The minimum absolute atomic E-state index is 0.269. The van der Waals surface area contributed by atoms with Crippen LogP contribution in [0, 0.1) is 11.8 Å². The molecule has 1 saturated heterocycles. The summed E-state index contributed by atoms with van der Waals surface area (Å²) >= 11 is 12.2. The quantitative estimate of drug-likeness (QED) is 0.840. The number of halogens is 2. The van der Waals surface area contributed by atoms with Gasteiger partial charge in [0.2, 0.25) is 0 Å². The number of ether oxygens (including phenoxy) is 1. The molecule has 0 aromatic heterocycles. The summed E-state index contributed by atoms with van der Waals surface area (Å²) < 4.78 is 5.51. The van der Waals surface area contributed by atoms with Gasteiger partial charge in [-0.1, -0.05) is 29.3 Å². The Morgan fingerprint density at radius 3 is 2.95 bits per heavy atom. The molecule has 1 heterocycles. The van der Waals surface area contributed by atoms with Crippen LogP contribution >= 0.6 is 23.2 Å². The van der Waals surface area contributed by atoms with Crippen molar-refractivity contribution in [2.24, 2.45) is 11.8 Å². The Bertz CT molecular complexity index is 479. The van der Waals surface area contributed by atoms with Gasteiger partial charge in [-0.05, 0) is 49.4 Å². The predicted molar refractivity (Wildman–Crippen MR) is 79.1 cm³/mol. The van der Waals surface area contributed by atoms with Crippen LogP contribution < -0.4 is 5.32 Å². The van der Waals surface area contributed by atoms with Gasteiger partial charge < -0.3 is 10.1 Å². The molecule has 2 nitrogen and oxygen atoms in total. The molecular weight excluding hydrogens is 281 g/mol. The first-order valence-corrected chi connectivity index (χ1v) is 7.69. The standard InChI is InChI=1S/C15H19Cl2NO/c1-2-19-6-5-11-12-8-18-9-15(11,12)10-3-4-13(16)14(17)7-10/h3-4,7,11-12,18H,2,5-6,8-9H2,1H3/t11-,12-,15-/m0/s1. The fraction of sp³-hybridized carbons (Fsp3) is 0.600. The summed E-state index contributed by atoms with van der Waals surface area (Å²) in [6.45, 7) is 5.86. The molecule has 1 aromatic rings. The summed E-state index contributed by atoms with van der Waals surface area (Å²) in [4.78, 5) is 0. The maximum atomic E-state index is 6.17. The van der Waals surface area contributed by atoms with E-state index in [1.54, 1.807) is 0 Å². The number of nitrogens with one attached hydrogen (secondary N) is 1. The largest absolute Gasteiger partial charge is 0.382 e. The fourth-order valence-corrected chi connectivity index (χ4v) is 4.05. The van der Waals surface area contributed by atoms with Crippen molar-refractivity contribution in [3.63, 3.8) is 0 Å². The number of benzene rings is 1. The maximum absolute atomic E-state index is 6.17. The summed E-state index contributed by atoms with van der Waals surface area (Å²) in [6.07, 6.45) is 1.14. The number of piperidine rings is 1. The molecule has 3 atom stereocenters. The van der Waals surface area contributed by atoms with Crippen LogP contribution in [0.15, 0.2) is 18.2 Å². The second kappa shape index (κ2) is 5.25. The number of hydrogen-bond donors (Lipinski definition) is 1. The Hall–Kier alpha value is -0.280. The molecule has 0 radical (unpaired) electrons. The van der Waals surface area contributed by atoms with E-state index in [1.165, 1.54) is 5.56 Å². The van der Waals surface area contributed by atoms with Gasteiger partial charge >= 0.3 is 0 Å². The van der Waals surface area contributed by atoms with Gasteiger partial charge in [0.1, 0.15) is 0 Å². The first-order valence-electron chi connectivity index (χ1n) is 6.94. The van der Waals surface area contributed by atoms with Crippen molar-refractivity contribution >= 4 is 23.2 Å². The van der Waals surface area contributed by atoms with Crippen LogP contribution in [-0.2, 0) is 10.2 Å². The zero-order valence-electron chi connectivity index (χ0n) is 11.1. The minimum atomic E-state index is 0.269. The molecule has 0 unspecified atom stereocenters. The van der Waals surface area contributed by atoms with E-state index in [1.807, 2.05) is 19.1 Å². The van der Waals surface area contributed by atoms with Crippen LogP contribution in [0.25, 0.3) is 0 Å². The average molecular weight is 300 g/mol. The lowest BCUT2D eigenvalue weighted by atomic mass is 9.92. The zero-order chi connectivity index (χ0) is 13.5. The van der Waals surface area contributed by atoms with Gasteiger partial charge in [-0.15, -0.1) is 0 Å². The predicted octanol–water partition coefficient (Wildman–Crippen LogP) is 3.51. The monoisotopic (exact) mass is 299 g/mol. The van der Waals surface area contributed by atoms with Crippen molar-refractivity contribution in [1.82, 2.24) is 5.32 Å². The lowest BCUT2D eigenvalue weighted by Gasteiger charge is -2.17. The van der Waals surface area contributed by atoms with Crippen LogP contribution in [0.4, 0.5) is 0 Å². The third kappa shape index (κ3) is 2.19. The van der Waals surface area contributed by atoms with Gasteiger partial charge in [0.25, 0.3) is 0 Å². The van der Waals surface area contributed by atoms with Gasteiger partial charge in [-0.2, -0.15) is 0 Å². The van der Waals surface area contributed by atoms with Gasteiger partial charge in [-0.3, -0.25) is 0 Å². The van der Waals surface area contributed by atoms with E-state index in [-0.39, 0.29) is 5.41 Å². The number of hydrogen-bond acceptors (Lipinski definition) is 2. The summed E-state index contributed by atoms with van der Waals surface area (Å²) in [6, 6.07) is 6.10. The highest BCUT2D eigenvalue weighted by Gasteiger charge is 2.66. The number of fused-ring (bicyclic) bond motifs is 1. The van der Waals surface area contributed by atoms with Crippen molar-refractivity contribution < 1.29 is 4.74 Å². The molecule has 0 spiro atoms. The first-order chi connectivity index (χ1) is 9.20. The van der Waals surface area contributed by atoms with E-state index in [2.05, 4.69) is 11.4 Å². The summed E-state index contributed by atoms with van der Waals surface area (Å²) in [5, 5.41) is 4.80. The topological polar surface area (TPSA) is 21.3 Å². The van der Waals surface area contributed by atoms with Crippen molar-refractivity contribution in [2.45, 2.75) is 18.8 Å². The fourth-order valence-electron chi connectivity index (χ4n) is 3.75. The Morgan fingerprint density at radius 2 is 2.21 bits per heavy atom. The van der Waals surface area contributed by atoms with Crippen molar-refractivity contribution in [2.75, 3.05) is 26.3 Å². The molecule has 19 heavy (non-hydrogen) atoms. The Kier molecular flexibility index (Phi) is 3.78. The molecular formula is C15H19Cl2NO. The smallest absolute Gasteiger partial charge is 0.0595 e. The van der Waals surface area contributed by atoms with Crippen molar-refractivity contribution in [3.05, 3.63) is 33.8 Å². The summed E-state index contributed by atoms with van der Waals surface area (Å²) in [5.41, 5.74) is 1.60. The Labute approximate surface area is 124 Å². The molecule has 1 N–H and O–H groups in total. The highest BCUT2D eigenvalue weighted by Crippen LogP contribution is 2.63. The molecule has 1 aromatic carbocycles. The molecule has 4 heteroatoms. The van der Waals surface area contributed by atoms with Crippen LogP contribution in [0.2, 0.25) is 10.0 Å². The molecule has 1 saturated carbocycles. The summed E-state index contributed by atoms with van der Waals surface area (Å²) in [5.74, 6) is 1.45. The van der Waals surface area contributed by atoms with Gasteiger partial charge in [0, 0.05) is 25.2 Å². The third-order valence-electron chi connectivity index (χ3n) is 4.72. The van der Waals surface area contributed by atoms with Crippen molar-refractivity contribution in [3.8, 4) is 0 Å². The number of rotatable bonds is 5. The molecule has 2 fully saturated rings. The molecule has 2 aliphatic rings. The van der Waals surface area contributed by atoms with E-state index in [0.29, 0.717) is 10.0 Å². The van der Waals surface area contributed by atoms with E-state index in [9.17, 15) is 0 Å². The van der Waals surface area contributed by atoms with Gasteiger partial charge in [0.05, 0.1) is 10.0 Å². The SMILES string of the molecule is CCOCC[C@H]1[C@@H]2CNC[C@]12c1ccc(Cl)c(Cl)c1. The molecule has 1 aliphatic carbocycles. The second-order valence-corrected chi connectivity index (χ2v) is 6.31. The minimum Gasteiger partial charge on any atom is -0.382 e. The lowest BCUT2D eigenvalue weighted by Crippen LogP contribution is -2.24. The van der Waals surface area contributed by atoms with Gasteiger partial charge in [-0.25, -0.2) is 0 Å². The van der Waals surface area contributed by atoms with E-state index < -0.39 is 0 Å². The zero-order valence-corrected chi connectivity index (χ0v) is 12.6. The maximum Gasteiger partial charge on any atom is 0.0595 e. The molecule has 0 amide bonds. The average Bonchev–Trinajstić information content (AvgIpc) is 2.81. The van der Waals surface area contributed by atoms with E-state index >= 15 is 0 Å². The van der Waals surface area contributed by atoms with Crippen LogP contribution in [0.3, 0.4) is 0 Å². The Balaban J connectivity index is 1.79. The molecule has 0 bridgehead atoms. The second-order valence-electron chi connectivity index (χ2n) is 5.50. The normalized spacial score (nSPS) is 32.4. The molecule has 104 valence electrons. The Morgan fingerprint density at radius 1 is 1.37 bits per heavy atom. The lowest BCUT2D eigenvalue weighted by molar-refractivity contribution is 0.137. The van der Waals surface area contributed by atoms with Crippen LogP contribution in [-0.4, -0.2) is 26.3 Å². The first kappa shape index (κ1) is 13.7. The van der Waals surface area contributed by atoms with Gasteiger partial charge in [0.15, 0.2) is 0 Å². The van der Waals surface area contributed by atoms with Crippen LogP contribution in [0.1, 0.15) is 18.9 Å². The van der Waals surface area contributed by atoms with E-state index in [0.717, 1.165) is 44.6 Å². The highest BCUT2D eigenvalue weighted by atomic mass is 35.5. The third-order valence-corrected chi connectivity index (χ3v) is 5.46. The van der Waals surface area contributed by atoms with Crippen molar-refractivity contribution in [1.29, 1.82) is 0 Å². The summed E-state index contributed by atoms with van der Waals surface area (Å²) in [7, 11) is 0. The van der Waals surface area contributed by atoms with E-state index in [4.69, 9.17) is 27.9 Å². The van der Waals surface area contributed by atoms with Crippen LogP contribution in [0.5, 0.6) is 0 Å². The molecule has 1 aliphatic heterocycles. The highest BCUT2D eigenvalue weighted by molar-refractivity contribution is 6.42. The molecule has 3 rings (SSSR count).